The molecule has 0 amide bonds. The molecule has 122 valence electrons. The Balaban J connectivity index is 1.79. The van der Waals surface area contributed by atoms with Crippen LogP contribution in [0.2, 0.25) is 0 Å². The number of allylic oxidation sites excluding steroid dienone is 4. The van der Waals surface area contributed by atoms with E-state index in [-0.39, 0.29) is 23.4 Å². The first-order valence-electron chi connectivity index (χ1n) is 8.88. The molecular weight excluding hydrogens is 320 g/mol. The molecule has 0 bridgehead atoms. The third kappa shape index (κ3) is 1.53. The van der Waals surface area contributed by atoms with E-state index in [1.807, 2.05) is 66.8 Å². The van der Waals surface area contributed by atoms with Gasteiger partial charge in [0, 0.05) is 28.0 Å². The van der Waals surface area contributed by atoms with Crippen LogP contribution < -0.4 is 0 Å². The highest BCUT2D eigenvalue weighted by molar-refractivity contribution is 6.29. The number of hydrogen-bond acceptors (Lipinski definition) is 2. The van der Waals surface area contributed by atoms with Crippen molar-refractivity contribution >= 4 is 22.3 Å². The Hall–Kier alpha value is -3.26. The van der Waals surface area contributed by atoms with Gasteiger partial charge >= 0.3 is 0 Å². The number of rotatable bonds is 0. The van der Waals surface area contributed by atoms with Crippen molar-refractivity contribution in [3.8, 4) is 11.1 Å². The largest absolute Gasteiger partial charge is 0.293 e. The molecule has 3 aromatic carbocycles. The Labute approximate surface area is 150 Å². The summed E-state index contributed by atoms with van der Waals surface area (Å²) in [6.45, 7) is 0. The molecule has 0 heterocycles. The topological polar surface area (TPSA) is 34.1 Å². The van der Waals surface area contributed by atoms with E-state index in [2.05, 4.69) is 6.08 Å². The number of carbonyl (C=O) groups excluding carboxylic acids is 2. The lowest BCUT2D eigenvalue weighted by Gasteiger charge is -2.32. The Morgan fingerprint density at radius 1 is 0.577 bits per heavy atom. The molecule has 0 aliphatic heterocycles. The second-order valence-corrected chi connectivity index (χ2v) is 7.17. The zero-order chi connectivity index (χ0) is 17.4. The van der Waals surface area contributed by atoms with Crippen molar-refractivity contribution in [3.05, 3.63) is 95.1 Å². The zero-order valence-corrected chi connectivity index (χ0v) is 13.9. The average molecular weight is 334 g/mol. The molecule has 3 aliphatic carbocycles. The number of carbonyl (C=O) groups is 2. The summed E-state index contributed by atoms with van der Waals surface area (Å²) in [6, 6.07) is 15.7. The van der Waals surface area contributed by atoms with Gasteiger partial charge in [0.05, 0.1) is 5.92 Å². The molecule has 0 aromatic heterocycles. The molecular formula is C24H14O2. The van der Waals surface area contributed by atoms with Crippen LogP contribution in [-0.2, 0) is 0 Å². The Bertz CT molecular complexity index is 1230. The summed E-state index contributed by atoms with van der Waals surface area (Å²) in [4.78, 5) is 26.2. The molecule has 0 fully saturated rings. The van der Waals surface area contributed by atoms with E-state index in [4.69, 9.17) is 0 Å². The Kier molecular flexibility index (Phi) is 2.51. The highest BCUT2D eigenvalue weighted by Gasteiger charge is 2.37. The van der Waals surface area contributed by atoms with Gasteiger partial charge in [-0.15, -0.1) is 0 Å². The first-order valence-corrected chi connectivity index (χ1v) is 8.88. The van der Waals surface area contributed by atoms with Crippen molar-refractivity contribution < 1.29 is 9.59 Å². The van der Waals surface area contributed by atoms with Gasteiger partial charge < -0.3 is 0 Å². The quantitative estimate of drug-likeness (QED) is 0.450. The van der Waals surface area contributed by atoms with Gasteiger partial charge in [0.15, 0.2) is 11.6 Å². The molecule has 6 rings (SSSR count). The molecule has 26 heavy (non-hydrogen) atoms. The minimum absolute atomic E-state index is 0.0467. The smallest absolute Gasteiger partial charge is 0.194 e. The summed E-state index contributed by atoms with van der Waals surface area (Å²) in [5, 5.41) is 1.91. The summed E-state index contributed by atoms with van der Waals surface area (Å²) >= 11 is 0. The molecule has 2 nitrogen and oxygen atoms in total. The van der Waals surface area contributed by atoms with Gasteiger partial charge in [-0.05, 0) is 22.1 Å². The van der Waals surface area contributed by atoms with Crippen LogP contribution in [0.3, 0.4) is 0 Å². The monoisotopic (exact) mass is 334 g/mol. The SMILES string of the molecule is O=C1c2ccccc2-c2ccc3c4c(ccc1c24)C1C=CC=CC1C3=O. The van der Waals surface area contributed by atoms with E-state index in [0.29, 0.717) is 5.56 Å². The van der Waals surface area contributed by atoms with E-state index in [0.717, 1.165) is 38.6 Å². The predicted octanol–water partition coefficient (Wildman–Crippen LogP) is 5.07. The minimum atomic E-state index is -0.140. The van der Waals surface area contributed by atoms with Crippen LogP contribution in [-0.4, -0.2) is 11.6 Å². The number of benzene rings is 3. The molecule has 2 heteroatoms. The van der Waals surface area contributed by atoms with Crippen LogP contribution in [0.15, 0.2) is 72.8 Å². The number of ketones is 2. The van der Waals surface area contributed by atoms with Crippen molar-refractivity contribution in [1.29, 1.82) is 0 Å². The van der Waals surface area contributed by atoms with Crippen LogP contribution in [0.1, 0.15) is 37.8 Å². The van der Waals surface area contributed by atoms with Crippen molar-refractivity contribution in [2.24, 2.45) is 5.92 Å². The van der Waals surface area contributed by atoms with E-state index in [1.165, 1.54) is 0 Å². The Morgan fingerprint density at radius 3 is 2.12 bits per heavy atom. The first kappa shape index (κ1) is 14.0. The maximum Gasteiger partial charge on any atom is 0.194 e. The molecule has 0 saturated heterocycles. The second-order valence-electron chi connectivity index (χ2n) is 7.17. The summed E-state index contributed by atoms with van der Waals surface area (Å²) in [5.41, 5.74) is 5.36. The standard InChI is InChI=1S/C24H14O2/c25-23-17-7-3-1-5-13(17)15-9-11-20-22-16(10-12-19(23)21(15)22)14-6-2-4-8-18(14)24(20)26/h1-13,17H. The van der Waals surface area contributed by atoms with E-state index in [1.54, 1.807) is 0 Å². The van der Waals surface area contributed by atoms with Crippen LogP contribution in [0.4, 0.5) is 0 Å². The van der Waals surface area contributed by atoms with Crippen molar-refractivity contribution in [2.75, 3.05) is 0 Å². The molecule has 3 aromatic rings. The molecule has 2 atom stereocenters. The van der Waals surface area contributed by atoms with Gasteiger partial charge in [0.1, 0.15) is 0 Å². The van der Waals surface area contributed by atoms with E-state index >= 15 is 0 Å². The minimum Gasteiger partial charge on any atom is -0.293 e. The van der Waals surface area contributed by atoms with Crippen molar-refractivity contribution in [1.82, 2.24) is 0 Å². The van der Waals surface area contributed by atoms with Crippen LogP contribution >= 0.6 is 0 Å². The summed E-state index contributed by atoms with van der Waals surface area (Å²) in [7, 11) is 0. The molecule has 0 N–H and O–H groups in total. The van der Waals surface area contributed by atoms with Gasteiger partial charge in [0.25, 0.3) is 0 Å². The summed E-state index contributed by atoms with van der Waals surface area (Å²) < 4.78 is 0. The molecule has 2 unspecified atom stereocenters. The van der Waals surface area contributed by atoms with Gasteiger partial charge in [-0.2, -0.15) is 0 Å². The Morgan fingerprint density at radius 2 is 1.27 bits per heavy atom. The third-order valence-electron chi connectivity index (χ3n) is 5.96. The van der Waals surface area contributed by atoms with Crippen molar-refractivity contribution in [3.63, 3.8) is 0 Å². The highest BCUT2D eigenvalue weighted by atomic mass is 16.1. The lowest BCUT2D eigenvalue weighted by Crippen LogP contribution is -2.27. The third-order valence-corrected chi connectivity index (χ3v) is 5.96. The summed E-state index contributed by atoms with van der Waals surface area (Å²) in [5.74, 6) is 0.110. The van der Waals surface area contributed by atoms with E-state index < -0.39 is 0 Å². The molecule has 0 radical (unpaired) electrons. The van der Waals surface area contributed by atoms with Gasteiger partial charge in [-0.3, -0.25) is 9.59 Å². The maximum atomic E-state index is 13.1. The fraction of sp³-hybridized carbons (Fsp3) is 0.0833. The fourth-order valence-corrected chi connectivity index (χ4v) is 4.81. The number of hydrogen-bond donors (Lipinski definition) is 0. The van der Waals surface area contributed by atoms with Gasteiger partial charge in [-0.1, -0.05) is 72.8 Å². The van der Waals surface area contributed by atoms with Crippen LogP contribution in [0.25, 0.3) is 21.9 Å². The lowest BCUT2D eigenvalue weighted by molar-refractivity contribution is 0.0933. The van der Waals surface area contributed by atoms with Crippen LogP contribution in [0.5, 0.6) is 0 Å². The molecule has 0 saturated carbocycles. The van der Waals surface area contributed by atoms with E-state index in [9.17, 15) is 9.59 Å². The zero-order valence-electron chi connectivity index (χ0n) is 13.9. The molecule has 3 aliphatic rings. The predicted molar refractivity (Wildman–Crippen MR) is 102 cm³/mol. The maximum absolute atomic E-state index is 13.1. The number of Topliss-reactive ketones (excluding diaryl/α,β-unsaturated/α-hetero) is 1. The molecule has 0 spiro atoms. The fourth-order valence-electron chi connectivity index (χ4n) is 4.81. The average Bonchev–Trinajstić information content (AvgIpc) is 2.70. The normalized spacial score (nSPS) is 21.7. The summed E-state index contributed by atoms with van der Waals surface area (Å²) in [6.07, 6.45) is 8.06. The first-order chi connectivity index (χ1) is 12.8. The highest BCUT2D eigenvalue weighted by Crippen LogP contribution is 2.48. The number of fused-ring (bicyclic) bond motifs is 4. The lowest BCUT2D eigenvalue weighted by atomic mass is 9.69. The van der Waals surface area contributed by atoms with Crippen molar-refractivity contribution in [2.45, 2.75) is 5.92 Å². The van der Waals surface area contributed by atoms with Gasteiger partial charge in [0.2, 0.25) is 0 Å². The second kappa shape index (κ2) is 4.67. The van der Waals surface area contributed by atoms with Crippen LogP contribution in [0, 0.1) is 5.92 Å². The van der Waals surface area contributed by atoms with Gasteiger partial charge in [-0.25, -0.2) is 0 Å².